The van der Waals surface area contributed by atoms with Gasteiger partial charge < -0.3 is 19.5 Å². The Bertz CT molecular complexity index is 1260. The molecule has 0 radical (unpaired) electrons. The van der Waals surface area contributed by atoms with Crippen LogP contribution < -0.4 is 4.74 Å². The number of benzene rings is 2. The lowest BCUT2D eigenvalue weighted by Crippen LogP contribution is -2.64. The Kier molecular flexibility index (Phi) is 5.75. The van der Waals surface area contributed by atoms with Gasteiger partial charge >= 0.3 is 0 Å². The van der Waals surface area contributed by atoms with Gasteiger partial charge in [-0.3, -0.25) is 9.59 Å². The van der Waals surface area contributed by atoms with Gasteiger partial charge in [0.2, 0.25) is 11.8 Å². The molecule has 6 heteroatoms. The van der Waals surface area contributed by atoms with Crippen LogP contribution in [-0.4, -0.2) is 51.8 Å². The fourth-order valence-corrected chi connectivity index (χ4v) is 6.48. The van der Waals surface area contributed by atoms with E-state index in [1.54, 1.807) is 0 Å². The molecule has 35 heavy (non-hydrogen) atoms. The van der Waals surface area contributed by atoms with E-state index in [4.69, 9.17) is 4.74 Å². The molecule has 1 saturated heterocycles. The first kappa shape index (κ1) is 22.2. The molecule has 182 valence electrons. The maximum Gasteiger partial charge on any atom is 0.246 e. The van der Waals surface area contributed by atoms with Crippen molar-refractivity contribution in [2.24, 2.45) is 0 Å². The first-order valence-electron chi connectivity index (χ1n) is 13.1. The third-order valence-corrected chi connectivity index (χ3v) is 8.07. The van der Waals surface area contributed by atoms with Crippen LogP contribution >= 0.6 is 0 Å². The molecule has 0 unspecified atom stereocenters. The molecule has 1 aromatic heterocycles. The molecule has 0 spiro atoms. The number of aromatic nitrogens is 1. The zero-order valence-electron chi connectivity index (χ0n) is 20.3. The van der Waals surface area contributed by atoms with Gasteiger partial charge in [0.1, 0.15) is 24.4 Å². The predicted molar refractivity (Wildman–Crippen MR) is 135 cm³/mol. The lowest BCUT2D eigenvalue weighted by Gasteiger charge is -2.49. The monoisotopic (exact) mass is 471 g/mol. The van der Waals surface area contributed by atoms with Crippen molar-refractivity contribution >= 4 is 22.7 Å². The minimum absolute atomic E-state index is 0.0273. The number of nitrogens with zero attached hydrogens (tertiary/aromatic N) is 2. The van der Waals surface area contributed by atoms with E-state index >= 15 is 0 Å². The summed E-state index contributed by atoms with van der Waals surface area (Å²) in [6, 6.07) is 15.5. The maximum absolute atomic E-state index is 14.1. The highest BCUT2D eigenvalue weighted by Crippen LogP contribution is 2.45. The summed E-state index contributed by atoms with van der Waals surface area (Å²) >= 11 is 0. The second-order valence-electron chi connectivity index (χ2n) is 10.1. The van der Waals surface area contributed by atoms with Gasteiger partial charge in [-0.1, -0.05) is 62.1 Å². The average molecular weight is 472 g/mol. The Labute approximate surface area is 206 Å². The molecule has 2 aliphatic heterocycles. The van der Waals surface area contributed by atoms with Gasteiger partial charge in [0.15, 0.2) is 0 Å². The van der Waals surface area contributed by atoms with E-state index in [0.29, 0.717) is 13.0 Å². The van der Waals surface area contributed by atoms with Gasteiger partial charge in [0.25, 0.3) is 0 Å². The predicted octanol–water partition coefficient (Wildman–Crippen LogP) is 4.97. The van der Waals surface area contributed by atoms with Crippen LogP contribution in [0.5, 0.6) is 5.75 Å². The normalized spacial score (nSPS) is 23.2. The molecule has 2 aromatic carbocycles. The van der Waals surface area contributed by atoms with Crippen molar-refractivity contribution in [2.75, 3.05) is 13.2 Å². The molecule has 6 rings (SSSR count). The lowest BCUT2D eigenvalue weighted by molar-refractivity contribution is -0.161. The first-order valence-corrected chi connectivity index (χ1v) is 13.1. The molecular formula is C29H33N3O3. The zero-order chi connectivity index (χ0) is 23.9. The SMILES string of the molecule is CCOc1ccccc1[C@@H]1c2[nH]c3ccccc3c2C[C@H]2C(=O)N(C3CCCCCC3)CC(=O)N12. The summed E-state index contributed by atoms with van der Waals surface area (Å²) in [5.74, 6) is 0.891. The number of piperazine rings is 1. The number of H-pyrrole nitrogens is 1. The van der Waals surface area contributed by atoms with E-state index < -0.39 is 6.04 Å². The molecular weight excluding hydrogens is 438 g/mol. The van der Waals surface area contributed by atoms with E-state index in [-0.39, 0.29) is 30.4 Å². The Morgan fingerprint density at radius 2 is 1.71 bits per heavy atom. The highest BCUT2D eigenvalue weighted by molar-refractivity contribution is 5.98. The number of amides is 2. The van der Waals surface area contributed by atoms with Crippen LogP contribution in [0.3, 0.4) is 0 Å². The van der Waals surface area contributed by atoms with Gasteiger partial charge in [0.05, 0.1) is 6.61 Å². The topological polar surface area (TPSA) is 65.6 Å². The standard InChI is InChI=1S/C29H33N3O3/c1-2-35-25-16-10-8-14-21(25)28-27-22(20-13-7-9-15-23(20)30-27)17-24-29(34)31(18-26(33)32(24)28)19-11-5-3-4-6-12-19/h7-10,13-16,19,24,28,30H,2-6,11-12,17-18H2,1H3/t24-,28+/m0/s1. The van der Waals surface area contributed by atoms with Gasteiger partial charge in [-0.2, -0.15) is 0 Å². The average Bonchev–Trinajstić information content (AvgIpc) is 3.04. The highest BCUT2D eigenvalue weighted by atomic mass is 16.5. The molecule has 3 aromatic rings. The molecule has 3 heterocycles. The summed E-state index contributed by atoms with van der Waals surface area (Å²) in [6.45, 7) is 2.67. The number of para-hydroxylation sites is 2. The third-order valence-electron chi connectivity index (χ3n) is 8.07. The summed E-state index contributed by atoms with van der Waals surface area (Å²) in [7, 11) is 0. The van der Waals surface area contributed by atoms with Crippen LogP contribution in [0.15, 0.2) is 48.5 Å². The molecule has 6 nitrogen and oxygen atoms in total. The number of nitrogens with one attached hydrogen (secondary N) is 1. The number of carbonyl (C=O) groups excluding carboxylic acids is 2. The minimum atomic E-state index is -0.495. The number of hydrogen-bond acceptors (Lipinski definition) is 3. The zero-order valence-corrected chi connectivity index (χ0v) is 20.3. The quantitative estimate of drug-likeness (QED) is 0.546. The number of aromatic amines is 1. The van der Waals surface area contributed by atoms with E-state index in [0.717, 1.165) is 59.2 Å². The molecule has 1 aliphatic carbocycles. The van der Waals surface area contributed by atoms with Crippen molar-refractivity contribution < 1.29 is 14.3 Å². The summed E-state index contributed by atoms with van der Waals surface area (Å²) in [5.41, 5.74) is 4.10. The fourth-order valence-electron chi connectivity index (χ4n) is 6.48. The molecule has 2 fully saturated rings. The van der Waals surface area contributed by atoms with Crippen LogP contribution in [0.4, 0.5) is 0 Å². The van der Waals surface area contributed by atoms with Crippen molar-refractivity contribution in [3.8, 4) is 5.75 Å². The summed E-state index contributed by atoms with van der Waals surface area (Å²) in [4.78, 5) is 35.3. The van der Waals surface area contributed by atoms with Crippen LogP contribution in [0.1, 0.15) is 68.3 Å². The number of carbonyl (C=O) groups is 2. The second kappa shape index (κ2) is 9.06. The molecule has 2 atom stereocenters. The van der Waals surface area contributed by atoms with Gasteiger partial charge in [-0.25, -0.2) is 0 Å². The molecule has 2 amide bonds. The smallest absolute Gasteiger partial charge is 0.246 e. The summed E-state index contributed by atoms with van der Waals surface area (Å²) in [6.07, 6.45) is 7.25. The second-order valence-corrected chi connectivity index (χ2v) is 10.1. The van der Waals surface area contributed by atoms with Crippen LogP contribution in [0.25, 0.3) is 10.9 Å². The first-order chi connectivity index (χ1) is 17.2. The van der Waals surface area contributed by atoms with Crippen LogP contribution in [0, 0.1) is 0 Å². The van der Waals surface area contributed by atoms with E-state index in [1.165, 1.54) is 12.8 Å². The Balaban J connectivity index is 1.48. The van der Waals surface area contributed by atoms with Crippen molar-refractivity contribution in [1.29, 1.82) is 0 Å². The van der Waals surface area contributed by atoms with Crippen molar-refractivity contribution in [3.05, 3.63) is 65.4 Å². The summed E-state index contributed by atoms with van der Waals surface area (Å²) in [5, 5.41) is 1.13. The number of rotatable bonds is 4. The fraction of sp³-hybridized carbons (Fsp3) is 0.448. The van der Waals surface area contributed by atoms with Gasteiger partial charge in [-0.05, 0) is 37.5 Å². The third kappa shape index (κ3) is 3.70. The minimum Gasteiger partial charge on any atom is -0.494 e. The lowest BCUT2D eigenvalue weighted by atomic mass is 9.85. The van der Waals surface area contributed by atoms with Gasteiger partial charge in [-0.15, -0.1) is 0 Å². The highest BCUT2D eigenvalue weighted by Gasteiger charge is 2.49. The Morgan fingerprint density at radius 3 is 2.51 bits per heavy atom. The molecule has 1 N–H and O–H groups in total. The number of hydrogen-bond donors (Lipinski definition) is 1. The molecule has 1 saturated carbocycles. The molecule has 3 aliphatic rings. The van der Waals surface area contributed by atoms with Crippen molar-refractivity contribution in [2.45, 2.75) is 70.0 Å². The number of ether oxygens (including phenoxy) is 1. The molecule has 0 bridgehead atoms. The summed E-state index contributed by atoms with van der Waals surface area (Å²) < 4.78 is 6.00. The van der Waals surface area contributed by atoms with Crippen molar-refractivity contribution in [3.63, 3.8) is 0 Å². The number of fused-ring (bicyclic) bond motifs is 4. The van der Waals surface area contributed by atoms with Crippen LogP contribution in [-0.2, 0) is 16.0 Å². The maximum atomic E-state index is 14.1. The van der Waals surface area contributed by atoms with E-state index in [1.807, 2.05) is 53.1 Å². The van der Waals surface area contributed by atoms with Crippen molar-refractivity contribution in [1.82, 2.24) is 14.8 Å². The van der Waals surface area contributed by atoms with E-state index in [9.17, 15) is 9.59 Å². The van der Waals surface area contributed by atoms with Gasteiger partial charge in [0, 0.05) is 34.6 Å². The van der Waals surface area contributed by atoms with E-state index in [2.05, 4.69) is 17.1 Å². The largest absolute Gasteiger partial charge is 0.494 e. The Morgan fingerprint density at radius 1 is 0.971 bits per heavy atom. The Hall–Kier alpha value is -3.28. The van der Waals surface area contributed by atoms with Crippen LogP contribution in [0.2, 0.25) is 0 Å².